The van der Waals surface area contributed by atoms with Gasteiger partial charge in [-0.25, -0.2) is 14.4 Å². The molecule has 0 aliphatic heterocycles. The number of fused-ring (bicyclic) bond motifs is 1. The molecule has 1 aliphatic rings. The molecule has 2 aromatic carbocycles. The minimum Gasteiger partial charge on any atom is -0.383 e. The number of hydrogen-bond acceptors (Lipinski definition) is 9. The summed E-state index contributed by atoms with van der Waals surface area (Å²) in [5.74, 6) is 1.95. The van der Waals surface area contributed by atoms with Crippen LogP contribution in [0.5, 0.6) is 0 Å². The fraction of sp³-hybridized carbons (Fsp3) is 0.413. The van der Waals surface area contributed by atoms with Crippen LogP contribution in [-0.4, -0.2) is 72.4 Å². The van der Waals surface area contributed by atoms with Crippen LogP contribution in [-0.2, 0) is 23.2 Å². The number of aliphatic imine (C=N–C) groups is 2. The second-order valence-electron chi connectivity index (χ2n) is 13.5. The van der Waals surface area contributed by atoms with Crippen molar-refractivity contribution in [2.75, 3.05) is 37.0 Å². The number of aromatic nitrogens is 3. The Hall–Kier alpha value is -5.82. The van der Waals surface area contributed by atoms with Crippen molar-refractivity contribution in [2.45, 2.75) is 85.1 Å². The quantitative estimate of drug-likeness (QED) is 0.0310. The number of carbonyl (C=O) groups excluding carboxylic acids is 3. The lowest BCUT2D eigenvalue weighted by molar-refractivity contribution is -0.123. The summed E-state index contributed by atoms with van der Waals surface area (Å²) in [6.07, 6.45) is 21.3. The lowest BCUT2D eigenvalue weighted by Crippen LogP contribution is -2.24. The van der Waals surface area contributed by atoms with E-state index in [9.17, 15) is 18.8 Å². The van der Waals surface area contributed by atoms with Crippen molar-refractivity contribution in [1.29, 1.82) is 0 Å². The molecule has 2 heterocycles. The van der Waals surface area contributed by atoms with Gasteiger partial charge >= 0.3 is 0 Å². The first kappa shape index (κ1) is 51.2. The van der Waals surface area contributed by atoms with Crippen molar-refractivity contribution in [3.05, 3.63) is 108 Å². The van der Waals surface area contributed by atoms with Gasteiger partial charge in [0.15, 0.2) is 0 Å². The van der Waals surface area contributed by atoms with Crippen LogP contribution in [0.25, 0.3) is 11.0 Å². The maximum absolute atomic E-state index is 12.0. The number of carbonyl (C=O) groups is 3. The van der Waals surface area contributed by atoms with E-state index in [0.29, 0.717) is 18.5 Å². The zero-order valence-corrected chi connectivity index (χ0v) is 35.7. The molecule has 5 N–H and O–H groups in total. The van der Waals surface area contributed by atoms with Crippen LogP contribution in [0.15, 0.2) is 101 Å². The van der Waals surface area contributed by atoms with Crippen LogP contribution in [0.2, 0.25) is 0 Å². The fourth-order valence-corrected chi connectivity index (χ4v) is 5.21. The van der Waals surface area contributed by atoms with E-state index in [1.165, 1.54) is 32.1 Å². The van der Waals surface area contributed by atoms with Gasteiger partial charge in [0.1, 0.15) is 36.7 Å². The van der Waals surface area contributed by atoms with Crippen LogP contribution in [0, 0.1) is 5.92 Å². The average molecular weight is 812 g/mol. The van der Waals surface area contributed by atoms with Gasteiger partial charge in [-0.1, -0.05) is 70.6 Å². The molecule has 1 fully saturated rings. The molecule has 1 saturated carbocycles. The summed E-state index contributed by atoms with van der Waals surface area (Å²) in [6.45, 7) is 10.7. The molecule has 59 heavy (non-hydrogen) atoms. The highest BCUT2D eigenvalue weighted by Gasteiger charge is 2.25. The number of pyridine rings is 1. The first-order valence-electron chi connectivity index (χ1n) is 20.3. The molecule has 5 rings (SSSR count). The molecule has 0 spiro atoms. The van der Waals surface area contributed by atoms with Crippen molar-refractivity contribution < 1.29 is 18.8 Å². The lowest BCUT2D eigenvalue weighted by Gasteiger charge is -2.21. The molecule has 320 valence electrons. The number of nitrogens with one attached hydrogen (secondary N) is 1. The first-order chi connectivity index (χ1) is 28.6. The van der Waals surface area contributed by atoms with Crippen molar-refractivity contribution in [2.24, 2.45) is 34.4 Å². The number of rotatable bonds is 17. The number of unbranched alkanes of at least 4 members (excludes halogenated alkanes) is 4. The highest BCUT2D eigenvalue weighted by atomic mass is 19.1. The summed E-state index contributed by atoms with van der Waals surface area (Å²) in [6, 6.07) is 18.7. The van der Waals surface area contributed by atoms with E-state index in [4.69, 9.17) is 5.73 Å². The normalized spacial score (nSPS) is 12.0. The fourth-order valence-electron chi connectivity index (χ4n) is 5.21. The maximum atomic E-state index is 12.0. The Labute approximate surface area is 350 Å². The number of nitrogens with zero attached hydrogens (tertiary/aromatic N) is 6. The van der Waals surface area contributed by atoms with Gasteiger partial charge in [-0.3, -0.25) is 14.6 Å². The van der Waals surface area contributed by atoms with E-state index >= 15 is 0 Å². The number of anilines is 2. The van der Waals surface area contributed by atoms with Gasteiger partial charge < -0.3 is 31.0 Å². The number of imidazole rings is 1. The van der Waals surface area contributed by atoms with Gasteiger partial charge in [0.05, 0.1) is 17.6 Å². The van der Waals surface area contributed by atoms with Crippen LogP contribution in [0.3, 0.4) is 0 Å². The second-order valence-corrected chi connectivity index (χ2v) is 13.5. The lowest BCUT2D eigenvalue weighted by atomic mass is 9.85. The third-order valence-corrected chi connectivity index (χ3v) is 8.88. The van der Waals surface area contributed by atoms with Gasteiger partial charge in [-0.05, 0) is 87.2 Å². The second kappa shape index (κ2) is 32.2. The number of amides is 1. The number of hydrogen-bond donors (Lipinski definition) is 3. The first-order valence-corrected chi connectivity index (χ1v) is 20.3. The molecular formula is C46H66FN9O3. The molecule has 1 aliphatic carbocycles. The van der Waals surface area contributed by atoms with E-state index in [1.807, 2.05) is 97.2 Å². The topological polar surface area (TPSA) is 174 Å². The highest BCUT2D eigenvalue weighted by molar-refractivity contribution is 6.04. The summed E-state index contributed by atoms with van der Waals surface area (Å²) in [5, 5.41) is 3.33. The molecular weight excluding hydrogens is 746 g/mol. The Kier molecular flexibility index (Phi) is 27.9. The Morgan fingerprint density at radius 2 is 1.75 bits per heavy atom. The third-order valence-electron chi connectivity index (χ3n) is 8.88. The maximum Gasteiger partial charge on any atom is 0.250 e. The van der Waals surface area contributed by atoms with Crippen molar-refractivity contribution in [3.8, 4) is 0 Å². The highest BCUT2D eigenvalue weighted by Crippen LogP contribution is 2.27. The van der Waals surface area contributed by atoms with Gasteiger partial charge in [0.2, 0.25) is 0 Å². The summed E-state index contributed by atoms with van der Waals surface area (Å²) in [7, 11) is 3.87. The number of amidine groups is 1. The smallest absolute Gasteiger partial charge is 0.250 e. The number of allylic oxidation sites excluding steroid dienone is 3. The van der Waals surface area contributed by atoms with Crippen LogP contribution in [0.4, 0.5) is 15.9 Å². The number of benzene rings is 2. The van der Waals surface area contributed by atoms with Crippen LogP contribution < -0.4 is 21.7 Å². The molecule has 1 amide bonds. The van der Waals surface area contributed by atoms with E-state index in [-0.39, 0.29) is 24.2 Å². The molecule has 13 heteroatoms. The monoisotopic (exact) mass is 812 g/mol. The third kappa shape index (κ3) is 21.0. The van der Waals surface area contributed by atoms with Crippen molar-refractivity contribution >= 4 is 53.6 Å². The zero-order chi connectivity index (χ0) is 43.7. The number of nitrogens with two attached hydrogens (primary N) is 2. The predicted octanol–water partition coefficient (Wildman–Crippen LogP) is 8.80. The number of aryl methyl sites for hydroxylation is 1. The molecule has 4 aromatic rings. The Balaban J connectivity index is 0.000000474. The van der Waals surface area contributed by atoms with E-state index in [0.717, 1.165) is 72.3 Å². The molecule has 0 saturated heterocycles. The standard InChI is InChI=1S/C22H23N5O2.C9H12N2O.C7H16.C6H9N.C2H6FN/c1-27-19-10-5-14(13-28)11-18(19)25-20(27)12-24-17-8-6-15(7-9-17)21(23)26-22(29)16-3-2-4-16;1-11(7-4-8-12)9-5-2-3-6-10-9;1-3-5-7-6-4-2;1-3-4-5-6-7-2;3-1-2-4/h5-11,13,16,24H,2-4,12H2,1H3,(H2,23,26,29);2-3,5-6,8H,4,7H2,1H3;3-7H2,1-2H3;3-6H,2H2,1H3;1-2,4H2/b;;;4-3-,6-5-;. The molecule has 2 aromatic heterocycles. The zero-order valence-electron chi connectivity index (χ0n) is 35.7. The number of alkyl halides is 1. The minimum absolute atomic E-state index is 0.0467. The number of halogens is 1. The minimum atomic E-state index is -0.403. The van der Waals surface area contributed by atoms with Gasteiger partial charge in [0, 0.05) is 68.7 Å². The summed E-state index contributed by atoms with van der Waals surface area (Å²) in [4.78, 5) is 51.3. The van der Waals surface area contributed by atoms with Gasteiger partial charge in [-0.15, -0.1) is 0 Å². The van der Waals surface area contributed by atoms with E-state index < -0.39 is 6.67 Å². The molecule has 0 atom stereocenters. The molecule has 0 unspecified atom stereocenters. The predicted molar refractivity (Wildman–Crippen MR) is 244 cm³/mol. The molecule has 0 bridgehead atoms. The Bertz CT molecular complexity index is 1850. The molecule has 0 radical (unpaired) electrons. The average Bonchev–Trinajstić information content (AvgIpc) is 3.56. The number of aldehydes is 2. The van der Waals surface area contributed by atoms with Crippen LogP contribution >= 0.6 is 0 Å². The largest absolute Gasteiger partial charge is 0.383 e. The van der Waals surface area contributed by atoms with Gasteiger partial charge in [-0.2, -0.15) is 4.99 Å². The van der Waals surface area contributed by atoms with E-state index in [2.05, 4.69) is 51.6 Å². The Morgan fingerprint density at radius 1 is 1.05 bits per heavy atom. The van der Waals surface area contributed by atoms with Crippen molar-refractivity contribution in [1.82, 2.24) is 14.5 Å². The van der Waals surface area contributed by atoms with Crippen LogP contribution in [0.1, 0.15) is 100 Å². The summed E-state index contributed by atoms with van der Waals surface area (Å²) >= 11 is 0. The van der Waals surface area contributed by atoms with Gasteiger partial charge in [0.25, 0.3) is 5.91 Å². The van der Waals surface area contributed by atoms with Crippen molar-refractivity contribution in [3.63, 3.8) is 0 Å². The summed E-state index contributed by atoms with van der Waals surface area (Å²) < 4.78 is 12.6. The molecule has 12 nitrogen and oxygen atoms in total. The SMILES string of the molecule is C=N/C=C\C=C/C.CCCCCCC.CN(CCC=O)c1ccccn1.Cn1c(CNc2ccc(C(N)=NC(=O)C3CCC3)cc2)nc2cc(C=O)ccc21.NCCF. The Morgan fingerprint density at radius 3 is 2.27 bits per heavy atom. The summed E-state index contributed by atoms with van der Waals surface area (Å²) in [5.41, 5.74) is 14.7. The van der Waals surface area contributed by atoms with E-state index in [1.54, 1.807) is 24.5 Å².